The van der Waals surface area contributed by atoms with Crippen LogP contribution in [0.5, 0.6) is 0 Å². The molecule has 1 aromatic rings. The van der Waals surface area contributed by atoms with Gasteiger partial charge in [-0.15, -0.1) is 12.4 Å². The number of halogens is 3. The van der Waals surface area contributed by atoms with Crippen LogP contribution in [0.4, 0.5) is 4.39 Å². The van der Waals surface area contributed by atoms with Crippen molar-refractivity contribution in [2.75, 3.05) is 13.1 Å². The van der Waals surface area contributed by atoms with Gasteiger partial charge in [-0.05, 0) is 47.1 Å². The molecule has 0 radical (unpaired) electrons. The Kier molecular flexibility index (Phi) is 5.36. The number of hydrogen-bond donors (Lipinski definition) is 2. The monoisotopic (exact) mass is 322 g/mol. The number of amides is 1. The molecule has 0 saturated carbocycles. The van der Waals surface area contributed by atoms with Gasteiger partial charge in [0.1, 0.15) is 5.82 Å². The van der Waals surface area contributed by atoms with Crippen molar-refractivity contribution in [1.29, 1.82) is 0 Å². The quantitative estimate of drug-likeness (QED) is 0.875. The molecule has 94 valence electrons. The standard InChI is InChI=1S/C11H12BrFN2O.ClH/c12-10-2-1-7(13)5-9(10)11(16)15-8-3-4-14-6-8;/h1-2,5,8,14H,3-4,6H2,(H,15,16);1H. The molecule has 1 aliphatic rings. The largest absolute Gasteiger partial charge is 0.348 e. The molecule has 1 atom stereocenters. The molecule has 6 heteroatoms. The van der Waals surface area contributed by atoms with Gasteiger partial charge in [0.2, 0.25) is 0 Å². The lowest BCUT2D eigenvalue weighted by atomic mass is 10.2. The molecule has 1 heterocycles. The lowest BCUT2D eigenvalue weighted by molar-refractivity contribution is 0.0939. The first kappa shape index (κ1) is 14.4. The van der Waals surface area contributed by atoms with E-state index in [0.717, 1.165) is 19.5 Å². The molecule has 0 aliphatic carbocycles. The van der Waals surface area contributed by atoms with Crippen LogP contribution in [-0.4, -0.2) is 25.0 Å². The highest BCUT2D eigenvalue weighted by Crippen LogP contribution is 2.18. The summed E-state index contributed by atoms with van der Waals surface area (Å²) in [6.45, 7) is 1.69. The summed E-state index contributed by atoms with van der Waals surface area (Å²) < 4.78 is 13.6. The Balaban J connectivity index is 0.00000144. The van der Waals surface area contributed by atoms with Crippen LogP contribution in [0.1, 0.15) is 16.8 Å². The fraction of sp³-hybridized carbons (Fsp3) is 0.364. The zero-order chi connectivity index (χ0) is 11.5. The molecular weight excluding hydrogens is 310 g/mol. The van der Waals surface area contributed by atoms with Gasteiger partial charge in [0.25, 0.3) is 5.91 Å². The van der Waals surface area contributed by atoms with Gasteiger partial charge in [-0.3, -0.25) is 4.79 Å². The first-order chi connectivity index (χ1) is 7.66. The number of carbonyl (C=O) groups is 1. The zero-order valence-electron chi connectivity index (χ0n) is 9.00. The SMILES string of the molecule is Cl.O=C(NC1CCNC1)c1cc(F)ccc1Br. The van der Waals surface area contributed by atoms with Gasteiger partial charge in [-0.25, -0.2) is 4.39 Å². The molecule has 0 bridgehead atoms. The minimum Gasteiger partial charge on any atom is -0.348 e. The molecule has 0 aromatic heterocycles. The molecule has 17 heavy (non-hydrogen) atoms. The van der Waals surface area contributed by atoms with Gasteiger partial charge in [0, 0.05) is 17.1 Å². The Labute approximate surface area is 114 Å². The summed E-state index contributed by atoms with van der Waals surface area (Å²) in [7, 11) is 0. The summed E-state index contributed by atoms with van der Waals surface area (Å²) in [5.74, 6) is -0.641. The van der Waals surface area contributed by atoms with E-state index in [1.807, 2.05) is 0 Å². The Morgan fingerprint density at radius 1 is 1.53 bits per heavy atom. The minimum atomic E-state index is -0.405. The lowest BCUT2D eigenvalue weighted by Gasteiger charge is -2.12. The van der Waals surface area contributed by atoms with E-state index < -0.39 is 5.82 Å². The second-order valence-corrected chi connectivity index (χ2v) is 4.64. The third kappa shape index (κ3) is 3.66. The molecule has 2 rings (SSSR count). The van der Waals surface area contributed by atoms with E-state index in [2.05, 4.69) is 26.6 Å². The first-order valence-corrected chi connectivity index (χ1v) is 5.93. The van der Waals surface area contributed by atoms with Crippen LogP contribution in [0, 0.1) is 5.82 Å². The predicted octanol–water partition coefficient (Wildman–Crippen LogP) is 2.10. The van der Waals surface area contributed by atoms with E-state index in [1.165, 1.54) is 18.2 Å². The van der Waals surface area contributed by atoms with Crippen molar-refractivity contribution < 1.29 is 9.18 Å². The van der Waals surface area contributed by atoms with Crippen molar-refractivity contribution in [3.63, 3.8) is 0 Å². The normalized spacial score (nSPS) is 18.6. The van der Waals surface area contributed by atoms with Crippen LogP contribution in [-0.2, 0) is 0 Å². The first-order valence-electron chi connectivity index (χ1n) is 5.13. The molecule has 1 saturated heterocycles. The van der Waals surface area contributed by atoms with E-state index in [0.29, 0.717) is 10.0 Å². The molecule has 1 fully saturated rings. The van der Waals surface area contributed by atoms with Crippen LogP contribution in [0.2, 0.25) is 0 Å². The number of benzene rings is 1. The Morgan fingerprint density at radius 2 is 2.29 bits per heavy atom. The summed E-state index contributed by atoms with van der Waals surface area (Å²) in [5.41, 5.74) is 0.340. The Morgan fingerprint density at radius 3 is 2.94 bits per heavy atom. The van der Waals surface area contributed by atoms with Crippen molar-refractivity contribution >= 4 is 34.2 Å². The average molecular weight is 324 g/mol. The van der Waals surface area contributed by atoms with E-state index in [-0.39, 0.29) is 24.4 Å². The number of hydrogen-bond acceptors (Lipinski definition) is 2. The molecule has 1 unspecified atom stereocenters. The third-order valence-electron chi connectivity index (χ3n) is 2.57. The van der Waals surface area contributed by atoms with Crippen LogP contribution >= 0.6 is 28.3 Å². The second-order valence-electron chi connectivity index (χ2n) is 3.79. The van der Waals surface area contributed by atoms with E-state index in [1.54, 1.807) is 0 Å². The van der Waals surface area contributed by atoms with Crippen molar-refractivity contribution in [3.05, 3.63) is 34.1 Å². The van der Waals surface area contributed by atoms with Gasteiger partial charge in [-0.1, -0.05) is 0 Å². The van der Waals surface area contributed by atoms with E-state index >= 15 is 0 Å². The molecule has 1 aromatic carbocycles. The van der Waals surface area contributed by atoms with Crippen LogP contribution in [0.15, 0.2) is 22.7 Å². The van der Waals surface area contributed by atoms with Crippen LogP contribution in [0.3, 0.4) is 0 Å². The fourth-order valence-electron chi connectivity index (χ4n) is 1.71. The summed E-state index contributed by atoms with van der Waals surface area (Å²) in [6.07, 6.45) is 0.915. The molecule has 1 amide bonds. The highest BCUT2D eigenvalue weighted by Gasteiger charge is 2.19. The van der Waals surface area contributed by atoms with Gasteiger partial charge >= 0.3 is 0 Å². The van der Waals surface area contributed by atoms with Gasteiger partial charge < -0.3 is 10.6 Å². The van der Waals surface area contributed by atoms with E-state index in [9.17, 15) is 9.18 Å². The Bertz CT molecular complexity index is 410. The number of carbonyl (C=O) groups excluding carboxylic acids is 1. The van der Waals surface area contributed by atoms with Crippen molar-refractivity contribution in [2.45, 2.75) is 12.5 Å². The van der Waals surface area contributed by atoms with Crippen LogP contribution < -0.4 is 10.6 Å². The summed E-state index contributed by atoms with van der Waals surface area (Å²) in [4.78, 5) is 11.8. The minimum absolute atomic E-state index is 0. The summed E-state index contributed by atoms with van der Waals surface area (Å²) in [6, 6.07) is 4.24. The number of rotatable bonds is 2. The molecule has 3 nitrogen and oxygen atoms in total. The average Bonchev–Trinajstić information content (AvgIpc) is 2.74. The summed E-state index contributed by atoms with van der Waals surface area (Å²) >= 11 is 3.24. The summed E-state index contributed by atoms with van der Waals surface area (Å²) in [5, 5.41) is 6.02. The lowest BCUT2D eigenvalue weighted by Crippen LogP contribution is -2.36. The molecule has 1 aliphatic heterocycles. The maximum absolute atomic E-state index is 13.0. The molecular formula is C11H13BrClFN2O. The maximum atomic E-state index is 13.0. The van der Waals surface area contributed by atoms with Crippen molar-refractivity contribution in [1.82, 2.24) is 10.6 Å². The topological polar surface area (TPSA) is 41.1 Å². The second kappa shape index (κ2) is 6.33. The highest BCUT2D eigenvalue weighted by molar-refractivity contribution is 9.10. The fourth-order valence-corrected chi connectivity index (χ4v) is 2.14. The number of nitrogens with one attached hydrogen (secondary N) is 2. The smallest absolute Gasteiger partial charge is 0.252 e. The van der Waals surface area contributed by atoms with Crippen molar-refractivity contribution in [3.8, 4) is 0 Å². The molecule has 0 spiro atoms. The molecule has 2 N–H and O–H groups in total. The van der Waals surface area contributed by atoms with Crippen LogP contribution in [0.25, 0.3) is 0 Å². The zero-order valence-corrected chi connectivity index (χ0v) is 11.4. The van der Waals surface area contributed by atoms with Gasteiger partial charge in [-0.2, -0.15) is 0 Å². The van der Waals surface area contributed by atoms with Crippen molar-refractivity contribution in [2.24, 2.45) is 0 Å². The highest BCUT2D eigenvalue weighted by atomic mass is 79.9. The van der Waals surface area contributed by atoms with E-state index in [4.69, 9.17) is 0 Å². The predicted molar refractivity (Wildman–Crippen MR) is 70.1 cm³/mol. The van der Waals surface area contributed by atoms with Gasteiger partial charge in [0.05, 0.1) is 5.56 Å². The third-order valence-corrected chi connectivity index (χ3v) is 3.26. The Hall–Kier alpha value is -0.650. The van der Waals surface area contributed by atoms with Gasteiger partial charge in [0.15, 0.2) is 0 Å². The maximum Gasteiger partial charge on any atom is 0.252 e.